The summed E-state index contributed by atoms with van der Waals surface area (Å²) in [6.07, 6.45) is 3.70. The van der Waals surface area contributed by atoms with Crippen LogP contribution in [0.15, 0.2) is 18.2 Å². The van der Waals surface area contributed by atoms with E-state index in [0.717, 1.165) is 31.7 Å². The third kappa shape index (κ3) is 2.94. The number of piperazine rings is 1. The Morgan fingerprint density at radius 3 is 2.64 bits per heavy atom. The smallest absolute Gasteiger partial charge is 0.311 e. The molecule has 0 bridgehead atoms. The van der Waals surface area contributed by atoms with Gasteiger partial charge in [0.25, 0.3) is 0 Å². The summed E-state index contributed by atoms with van der Waals surface area (Å²) in [6.45, 7) is 3.98. The van der Waals surface area contributed by atoms with Gasteiger partial charge in [0.2, 0.25) is 0 Å². The van der Waals surface area contributed by atoms with Crippen LogP contribution in [0.3, 0.4) is 0 Å². The van der Waals surface area contributed by atoms with Crippen LogP contribution in [0.5, 0.6) is 5.75 Å². The molecule has 0 aromatic heterocycles. The number of nitrogens with one attached hydrogen (secondary N) is 1. The van der Waals surface area contributed by atoms with E-state index in [-0.39, 0.29) is 10.6 Å². The van der Waals surface area contributed by atoms with E-state index in [2.05, 4.69) is 10.2 Å². The summed E-state index contributed by atoms with van der Waals surface area (Å²) in [6, 6.07) is 5.74. The van der Waals surface area contributed by atoms with Crippen LogP contribution in [0.4, 0.5) is 5.69 Å². The molecule has 1 atom stereocenters. The monoisotopic (exact) mass is 305 g/mol. The second-order valence-corrected chi connectivity index (χ2v) is 6.11. The Bertz CT molecular complexity index is 539. The molecule has 6 heteroatoms. The van der Waals surface area contributed by atoms with Crippen molar-refractivity contribution in [1.82, 2.24) is 10.2 Å². The third-order valence-electron chi connectivity index (χ3n) is 4.88. The summed E-state index contributed by atoms with van der Waals surface area (Å²) in [5, 5.41) is 14.7. The quantitative estimate of drug-likeness (QED) is 0.668. The summed E-state index contributed by atoms with van der Waals surface area (Å²) >= 11 is 0. The molecule has 1 aromatic carbocycles. The standard InChI is InChI=1S/C16H23N3O3/c1-22-15-6-5-13(11-14(15)19(20)21)16(12-3-2-4-12)18-9-7-17-8-10-18/h5-6,11-12,16-17H,2-4,7-10H2,1H3/t16-/m1/s1. The summed E-state index contributed by atoms with van der Waals surface area (Å²) in [4.78, 5) is 13.4. The number of ether oxygens (including phenoxy) is 1. The molecule has 22 heavy (non-hydrogen) atoms. The maximum Gasteiger partial charge on any atom is 0.311 e. The van der Waals surface area contributed by atoms with E-state index in [4.69, 9.17) is 4.74 Å². The fourth-order valence-electron chi connectivity index (χ4n) is 3.53. The molecule has 1 heterocycles. The lowest BCUT2D eigenvalue weighted by Gasteiger charge is -2.43. The lowest BCUT2D eigenvalue weighted by atomic mass is 9.76. The van der Waals surface area contributed by atoms with Crippen molar-refractivity contribution in [2.75, 3.05) is 33.3 Å². The van der Waals surface area contributed by atoms with Gasteiger partial charge in [-0.2, -0.15) is 0 Å². The van der Waals surface area contributed by atoms with Crippen molar-refractivity contribution in [3.63, 3.8) is 0 Å². The van der Waals surface area contributed by atoms with Gasteiger partial charge in [-0.3, -0.25) is 15.0 Å². The molecule has 120 valence electrons. The van der Waals surface area contributed by atoms with Gasteiger partial charge >= 0.3 is 5.69 Å². The van der Waals surface area contributed by atoms with E-state index < -0.39 is 0 Å². The number of nitrogens with zero attached hydrogens (tertiary/aromatic N) is 2. The van der Waals surface area contributed by atoms with Gasteiger partial charge in [-0.05, 0) is 30.4 Å². The van der Waals surface area contributed by atoms with Crippen LogP contribution in [0.25, 0.3) is 0 Å². The fraction of sp³-hybridized carbons (Fsp3) is 0.625. The minimum Gasteiger partial charge on any atom is -0.490 e. The van der Waals surface area contributed by atoms with Crippen molar-refractivity contribution in [2.24, 2.45) is 5.92 Å². The van der Waals surface area contributed by atoms with Gasteiger partial charge in [0.15, 0.2) is 5.75 Å². The number of hydrogen-bond donors (Lipinski definition) is 1. The molecule has 1 saturated carbocycles. The van der Waals surface area contributed by atoms with Crippen molar-refractivity contribution >= 4 is 5.69 Å². The molecule has 0 unspecified atom stereocenters. The highest BCUT2D eigenvalue weighted by molar-refractivity contribution is 5.49. The molecule has 1 aliphatic heterocycles. The first-order valence-corrected chi connectivity index (χ1v) is 7.98. The Kier molecular flexibility index (Phi) is 4.59. The van der Waals surface area contributed by atoms with Crippen LogP contribution in [-0.2, 0) is 0 Å². The molecule has 2 fully saturated rings. The first kappa shape index (κ1) is 15.2. The normalized spacial score (nSPS) is 21.1. The zero-order valence-electron chi connectivity index (χ0n) is 13.0. The van der Waals surface area contributed by atoms with Crippen LogP contribution in [0.1, 0.15) is 30.9 Å². The molecule has 0 radical (unpaired) electrons. The first-order valence-electron chi connectivity index (χ1n) is 7.98. The van der Waals surface area contributed by atoms with Gasteiger partial charge in [-0.15, -0.1) is 0 Å². The molecule has 3 rings (SSSR count). The summed E-state index contributed by atoms with van der Waals surface area (Å²) in [5.41, 5.74) is 1.12. The summed E-state index contributed by atoms with van der Waals surface area (Å²) in [7, 11) is 1.47. The Balaban J connectivity index is 1.92. The summed E-state index contributed by atoms with van der Waals surface area (Å²) in [5.74, 6) is 0.951. The minimum atomic E-state index is -0.349. The number of nitro groups is 1. The highest BCUT2D eigenvalue weighted by Gasteiger charge is 2.34. The topological polar surface area (TPSA) is 67.6 Å². The van der Waals surface area contributed by atoms with Crippen molar-refractivity contribution in [3.8, 4) is 5.75 Å². The lowest BCUT2D eigenvalue weighted by Crippen LogP contribution is -2.47. The molecule has 1 aromatic rings. The number of benzene rings is 1. The van der Waals surface area contributed by atoms with Gasteiger partial charge in [0.1, 0.15) is 0 Å². The second kappa shape index (κ2) is 6.62. The van der Waals surface area contributed by atoms with Crippen LogP contribution < -0.4 is 10.1 Å². The van der Waals surface area contributed by atoms with E-state index in [1.807, 2.05) is 6.07 Å². The van der Waals surface area contributed by atoms with E-state index in [1.54, 1.807) is 12.1 Å². The Morgan fingerprint density at radius 2 is 2.09 bits per heavy atom. The van der Waals surface area contributed by atoms with Crippen LogP contribution in [-0.4, -0.2) is 43.1 Å². The number of nitro benzene ring substituents is 1. The van der Waals surface area contributed by atoms with Crippen molar-refractivity contribution < 1.29 is 9.66 Å². The average Bonchev–Trinajstić information content (AvgIpc) is 2.51. The fourth-order valence-corrected chi connectivity index (χ4v) is 3.53. The largest absolute Gasteiger partial charge is 0.490 e. The zero-order chi connectivity index (χ0) is 15.5. The molecule has 2 aliphatic rings. The van der Waals surface area contributed by atoms with Crippen molar-refractivity contribution in [3.05, 3.63) is 33.9 Å². The van der Waals surface area contributed by atoms with Crippen LogP contribution in [0.2, 0.25) is 0 Å². The first-order chi connectivity index (χ1) is 10.7. The Labute approximate surface area is 130 Å². The predicted octanol–water partition coefficient (Wildman–Crippen LogP) is 2.35. The number of methoxy groups -OCH3 is 1. The van der Waals surface area contributed by atoms with E-state index in [0.29, 0.717) is 17.7 Å². The maximum absolute atomic E-state index is 11.3. The van der Waals surface area contributed by atoms with Crippen molar-refractivity contribution in [2.45, 2.75) is 25.3 Å². The van der Waals surface area contributed by atoms with Crippen LogP contribution >= 0.6 is 0 Å². The van der Waals surface area contributed by atoms with Gasteiger partial charge < -0.3 is 10.1 Å². The zero-order valence-corrected chi connectivity index (χ0v) is 13.0. The molecule has 0 spiro atoms. The SMILES string of the molecule is COc1ccc([C@@H](C2CCC2)N2CCNCC2)cc1[N+](=O)[O-]. The molecule has 6 nitrogen and oxygen atoms in total. The highest BCUT2D eigenvalue weighted by Crippen LogP contribution is 2.43. The van der Waals surface area contributed by atoms with E-state index in [9.17, 15) is 10.1 Å². The Hall–Kier alpha value is -1.66. The van der Waals surface area contributed by atoms with Gasteiger partial charge in [-0.1, -0.05) is 12.5 Å². The second-order valence-electron chi connectivity index (χ2n) is 6.11. The van der Waals surface area contributed by atoms with Crippen molar-refractivity contribution in [1.29, 1.82) is 0 Å². The molecule has 1 N–H and O–H groups in total. The summed E-state index contributed by atoms with van der Waals surface area (Å²) < 4.78 is 5.12. The van der Waals surface area contributed by atoms with Gasteiger partial charge in [0, 0.05) is 38.3 Å². The van der Waals surface area contributed by atoms with Crippen LogP contribution in [0, 0.1) is 16.0 Å². The third-order valence-corrected chi connectivity index (χ3v) is 4.88. The van der Waals surface area contributed by atoms with Gasteiger partial charge in [0.05, 0.1) is 12.0 Å². The molecule has 0 amide bonds. The Morgan fingerprint density at radius 1 is 1.36 bits per heavy atom. The average molecular weight is 305 g/mol. The lowest BCUT2D eigenvalue weighted by molar-refractivity contribution is -0.385. The predicted molar refractivity (Wildman–Crippen MR) is 84.2 cm³/mol. The van der Waals surface area contributed by atoms with E-state index in [1.165, 1.54) is 26.4 Å². The molecular formula is C16H23N3O3. The molecule has 1 saturated heterocycles. The number of hydrogen-bond acceptors (Lipinski definition) is 5. The highest BCUT2D eigenvalue weighted by atomic mass is 16.6. The number of rotatable bonds is 5. The molecular weight excluding hydrogens is 282 g/mol. The maximum atomic E-state index is 11.3. The van der Waals surface area contributed by atoms with Gasteiger partial charge in [-0.25, -0.2) is 0 Å². The van der Waals surface area contributed by atoms with E-state index >= 15 is 0 Å². The molecule has 1 aliphatic carbocycles. The minimum absolute atomic E-state index is 0.0689.